The molecule has 6 heteroatoms. The third kappa shape index (κ3) is 2.77. The summed E-state index contributed by atoms with van der Waals surface area (Å²) in [5.74, 6) is 0.680. The maximum atomic E-state index is 12.0. The number of carbonyl (C=O) groups is 1. The van der Waals surface area contributed by atoms with Crippen LogP contribution in [-0.4, -0.2) is 25.1 Å². The number of rotatable bonds is 4. The zero-order chi connectivity index (χ0) is 16.4. The number of fused-ring (bicyclic) bond motifs is 1. The van der Waals surface area contributed by atoms with Gasteiger partial charge in [0.25, 0.3) is 0 Å². The third-order valence-electron chi connectivity index (χ3n) is 3.44. The molecule has 0 aliphatic carbocycles. The zero-order valence-corrected chi connectivity index (χ0v) is 13.4. The molecule has 0 aliphatic heterocycles. The number of H-pyrrole nitrogens is 1. The van der Waals surface area contributed by atoms with E-state index in [2.05, 4.69) is 10.3 Å². The minimum atomic E-state index is -0.218. The molecule has 118 valence electrons. The van der Waals surface area contributed by atoms with Crippen molar-refractivity contribution in [1.82, 2.24) is 4.98 Å². The first-order valence-electron chi connectivity index (χ1n) is 6.98. The van der Waals surface area contributed by atoms with E-state index >= 15 is 0 Å². The normalized spacial score (nSPS) is 10.8. The number of amides is 1. The molecule has 0 atom stereocenters. The molecule has 0 unspecified atom stereocenters. The Kier molecular flexibility index (Phi) is 4.40. The van der Waals surface area contributed by atoms with Gasteiger partial charge in [0.05, 0.1) is 25.4 Å². The van der Waals surface area contributed by atoms with Crippen LogP contribution in [0.1, 0.15) is 19.4 Å². The van der Waals surface area contributed by atoms with Crippen molar-refractivity contribution >= 4 is 22.5 Å². The lowest BCUT2D eigenvalue weighted by molar-refractivity contribution is -0.118. The lowest BCUT2D eigenvalue weighted by Crippen LogP contribution is -2.18. The highest BCUT2D eigenvalue weighted by Gasteiger charge is 2.19. The Balaban J connectivity index is 2.78. The van der Waals surface area contributed by atoms with E-state index < -0.39 is 0 Å². The number of ether oxygens (including phenoxy) is 2. The predicted octanol–water partition coefficient (Wildman–Crippen LogP) is 2.45. The molecule has 2 aromatic rings. The second kappa shape index (κ2) is 6.09. The summed E-state index contributed by atoms with van der Waals surface area (Å²) in [4.78, 5) is 26.4. The van der Waals surface area contributed by atoms with E-state index in [0.29, 0.717) is 28.1 Å². The maximum absolute atomic E-state index is 12.0. The summed E-state index contributed by atoms with van der Waals surface area (Å²) < 4.78 is 10.8. The zero-order valence-electron chi connectivity index (χ0n) is 13.4. The van der Waals surface area contributed by atoms with Crippen LogP contribution in [0.15, 0.2) is 16.9 Å². The SMILES string of the molecule is COc1cc(NC(=O)C(C)C)c(OC)c2c(C)cc(=O)[nH]c12. The van der Waals surface area contributed by atoms with Crippen molar-refractivity contribution < 1.29 is 14.3 Å². The van der Waals surface area contributed by atoms with Crippen molar-refractivity contribution in [3.63, 3.8) is 0 Å². The summed E-state index contributed by atoms with van der Waals surface area (Å²) in [5, 5.41) is 3.54. The van der Waals surface area contributed by atoms with Gasteiger partial charge in [-0.2, -0.15) is 0 Å². The highest BCUT2D eigenvalue weighted by Crippen LogP contribution is 2.40. The summed E-state index contributed by atoms with van der Waals surface area (Å²) in [5.41, 5.74) is 1.59. The summed E-state index contributed by atoms with van der Waals surface area (Å²) in [6.45, 7) is 5.43. The first-order chi connectivity index (χ1) is 10.4. The number of pyridine rings is 1. The van der Waals surface area contributed by atoms with Crippen molar-refractivity contribution in [3.8, 4) is 11.5 Å². The van der Waals surface area contributed by atoms with Crippen molar-refractivity contribution in [2.45, 2.75) is 20.8 Å². The molecule has 0 spiro atoms. The molecule has 6 nitrogen and oxygen atoms in total. The molecule has 0 aliphatic rings. The van der Waals surface area contributed by atoms with Gasteiger partial charge in [0.2, 0.25) is 11.5 Å². The number of aryl methyl sites for hydroxylation is 1. The average molecular weight is 304 g/mol. The molecule has 0 bridgehead atoms. The van der Waals surface area contributed by atoms with Crippen LogP contribution in [0.4, 0.5) is 5.69 Å². The molecule has 0 saturated heterocycles. The van der Waals surface area contributed by atoms with E-state index in [1.54, 1.807) is 6.07 Å². The van der Waals surface area contributed by atoms with Crippen molar-refractivity contribution in [1.29, 1.82) is 0 Å². The van der Waals surface area contributed by atoms with Crippen LogP contribution in [0, 0.1) is 12.8 Å². The Morgan fingerprint density at radius 1 is 1.23 bits per heavy atom. The Hall–Kier alpha value is -2.50. The van der Waals surface area contributed by atoms with Crippen LogP contribution in [-0.2, 0) is 4.79 Å². The number of hydrogen-bond acceptors (Lipinski definition) is 4. The Labute approximate surface area is 128 Å². The minimum absolute atomic E-state index is 0.123. The molecule has 22 heavy (non-hydrogen) atoms. The first-order valence-corrected chi connectivity index (χ1v) is 6.98. The number of nitrogens with one attached hydrogen (secondary N) is 2. The van der Waals surface area contributed by atoms with E-state index in [1.807, 2.05) is 20.8 Å². The van der Waals surface area contributed by atoms with Gasteiger partial charge in [-0.3, -0.25) is 9.59 Å². The Morgan fingerprint density at radius 3 is 2.45 bits per heavy atom. The lowest BCUT2D eigenvalue weighted by atomic mass is 10.1. The first kappa shape index (κ1) is 15.9. The van der Waals surface area contributed by atoms with Crippen LogP contribution in [0.2, 0.25) is 0 Å². The second-order valence-electron chi connectivity index (χ2n) is 5.37. The van der Waals surface area contributed by atoms with Crippen LogP contribution < -0.4 is 20.3 Å². The monoisotopic (exact) mass is 304 g/mol. The molecule has 2 N–H and O–H groups in total. The number of aromatic amines is 1. The van der Waals surface area contributed by atoms with Crippen molar-refractivity contribution in [2.24, 2.45) is 5.92 Å². The largest absolute Gasteiger partial charge is 0.494 e. The fraction of sp³-hybridized carbons (Fsp3) is 0.375. The number of methoxy groups -OCH3 is 2. The lowest BCUT2D eigenvalue weighted by Gasteiger charge is -2.17. The molecule has 0 saturated carbocycles. The Morgan fingerprint density at radius 2 is 1.91 bits per heavy atom. The van der Waals surface area contributed by atoms with Crippen molar-refractivity contribution in [3.05, 3.63) is 28.0 Å². The predicted molar refractivity (Wildman–Crippen MR) is 85.9 cm³/mol. The topological polar surface area (TPSA) is 80.4 Å². The molecule has 2 rings (SSSR count). The van der Waals surface area contributed by atoms with E-state index in [0.717, 1.165) is 5.56 Å². The van der Waals surface area contributed by atoms with Gasteiger partial charge >= 0.3 is 0 Å². The van der Waals surface area contributed by atoms with Gasteiger partial charge < -0.3 is 19.8 Å². The number of hydrogen-bond donors (Lipinski definition) is 2. The molecule has 1 aromatic heterocycles. The average Bonchev–Trinajstić information content (AvgIpc) is 2.46. The molecule has 0 fully saturated rings. The molecular formula is C16H20N2O4. The number of anilines is 1. The number of benzene rings is 1. The number of carbonyl (C=O) groups excluding carboxylic acids is 1. The van der Waals surface area contributed by atoms with Crippen LogP contribution in [0.3, 0.4) is 0 Å². The fourth-order valence-electron chi connectivity index (χ4n) is 2.31. The summed E-state index contributed by atoms with van der Waals surface area (Å²) in [6, 6.07) is 3.13. The Bertz CT molecular complexity index is 778. The molecular weight excluding hydrogens is 284 g/mol. The second-order valence-corrected chi connectivity index (χ2v) is 5.37. The highest BCUT2D eigenvalue weighted by atomic mass is 16.5. The number of aromatic nitrogens is 1. The van der Waals surface area contributed by atoms with Crippen LogP contribution >= 0.6 is 0 Å². The third-order valence-corrected chi connectivity index (χ3v) is 3.44. The summed E-state index contributed by atoms with van der Waals surface area (Å²) in [6.07, 6.45) is 0. The van der Waals surface area contributed by atoms with Gasteiger partial charge in [0.15, 0.2) is 5.75 Å². The summed E-state index contributed by atoms with van der Waals surface area (Å²) >= 11 is 0. The van der Waals surface area contributed by atoms with Crippen LogP contribution in [0.25, 0.3) is 10.9 Å². The molecule has 0 radical (unpaired) electrons. The fourth-order valence-corrected chi connectivity index (χ4v) is 2.31. The van der Waals surface area contributed by atoms with Crippen molar-refractivity contribution in [2.75, 3.05) is 19.5 Å². The van der Waals surface area contributed by atoms with E-state index in [-0.39, 0.29) is 17.4 Å². The molecule has 1 heterocycles. The quantitative estimate of drug-likeness (QED) is 0.909. The maximum Gasteiger partial charge on any atom is 0.248 e. The van der Waals surface area contributed by atoms with Gasteiger partial charge in [0.1, 0.15) is 5.75 Å². The molecule has 1 aromatic carbocycles. The van der Waals surface area contributed by atoms with E-state index in [1.165, 1.54) is 20.3 Å². The molecule has 1 amide bonds. The minimum Gasteiger partial charge on any atom is -0.494 e. The summed E-state index contributed by atoms with van der Waals surface area (Å²) in [7, 11) is 3.03. The standard InChI is InChI=1S/C16H20N2O4/c1-8(2)16(20)17-10-7-11(21-4)14-13(15(10)22-5)9(3)6-12(19)18-14/h6-8H,1-5H3,(H,17,20)(H,18,19). The van der Waals surface area contributed by atoms with Gasteiger partial charge in [-0.05, 0) is 12.5 Å². The highest BCUT2D eigenvalue weighted by molar-refractivity contribution is 6.02. The van der Waals surface area contributed by atoms with Crippen LogP contribution in [0.5, 0.6) is 11.5 Å². The van der Waals surface area contributed by atoms with Gasteiger partial charge in [-0.15, -0.1) is 0 Å². The van der Waals surface area contributed by atoms with E-state index in [9.17, 15) is 9.59 Å². The smallest absolute Gasteiger partial charge is 0.248 e. The van der Waals surface area contributed by atoms with Gasteiger partial charge in [-0.25, -0.2) is 0 Å². The van der Waals surface area contributed by atoms with E-state index in [4.69, 9.17) is 9.47 Å². The van der Waals surface area contributed by atoms with Gasteiger partial charge in [-0.1, -0.05) is 13.8 Å². The van der Waals surface area contributed by atoms with Gasteiger partial charge in [0, 0.05) is 23.4 Å².